The van der Waals surface area contributed by atoms with Crippen molar-refractivity contribution in [1.82, 2.24) is 5.32 Å². The van der Waals surface area contributed by atoms with Gasteiger partial charge in [0.15, 0.2) is 0 Å². The lowest BCUT2D eigenvalue weighted by atomic mass is 10.2. The Hall–Kier alpha value is -0.240. The lowest BCUT2D eigenvalue weighted by Gasteiger charge is -2.11. The molecule has 0 aliphatic carbocycles. The highest BCUT2D eigenvalue weighted by atomic mass is 35.5. The molecule has 1 aromatic rings. The van der Waals surface area contributed by atoms with Gasteiger partial charge < -0.3 is 5.32 Å². The highest BCUT2D eigenvalue weighted by Crippen LogP contribution is 2.22. The van der Waals surface area contributed by atoms with Crippen LogP contribution in [0, 0.1) is 0 Å². The van der Waals surface area contributed by atoms with Gasteiger partial charge in [0, 0.05) is 12.6 Å². The number of nitrogens with one attached hydrogen (secondary N) is 1. The molecule has 0 amide bonds. The van der Waals surface area contributed by atoms with Crippen LogP contribution in [0.25, 0.3) is 0 Å². The molecule has 0 unspecified atom stereocenters. The van der Waals surface area contributed by atoms with Crippen LogP contribution < -0.4 is 5.32 Å². The quantitative estimate of drug-likeness (QED) is 0.830. The molecule has 1 atom stereocenters. The molecule has 1 rings (SSSR count). The minimum absolute atomic E-state index is 0.532. The summed E-state index contributed by atoms with van der Waals surface area (Å²) in [6.45, 7) is 5.16. The monoisotopic (exact) mass is 231 g/mol. The summed E-state index contributed by atoms with van der Waals surface area (Å²) in [6, 6.07) is 6.25. The molecular formula is C11H15Cl2N. The first kappa shape index (κ1) is 11.8. The fourth-order valence-electron chi connectivity index (χ4n) is 1.09. The molecule has 14 heavy (non-hydrogen) atoms. The van der Waals surface area contributed by atoms with Gasteiger partial charge in [-0.25, -0.2) is 0 Å². The molecule has 0 aliphatic heterocycles. The Labute approximate surface area is 95.4 Å². The van der Waals surface area contributed by atoms with E-state index in [0.29, 0.717) is 16.1 Å². The van der Waals surface area contributed by atoms with Crippen LogP contribution in [0.3, 0.4) is 0 Å². The summed E-state index contributed by atoms with van der Waals surface area (Å²) in [5, 5.41) is 4.62. The molecule has 1 N–H and O–H groups in total. The van der Waals surface area contributed by atoms with Crippen molar-refractivity contribution < 1.29 is 0 Å². The summed E-state index contributed by atoms with van der Waals surface area (Å²) in [6.07, 6.45) is 1.13. The lowest BCUT2D eigenvalue weighted by Crippen LogP contribution is -2.24. The van der Waals surface area contributed by atoms with Crippen LogP contribution in [0.1, 0.15) is 25.8 Å². The third-order valence-corrected chi connectivity index (χ3v) is 2.99. The fraction of sp³-hybridized carbons (Fsp3) is 0.455. The third kappa shape index (κ3) is 3.49. The number of hydrogen-bond donors (Lipinski definition) is 1. The second-order valence-electron chi connectivity index (χ2n) is 3.44. The average Bonchev–Trinajstić information content (AvgIpc) is 2.19. The van der Waals surface area contributed by atoms with Crippen LogP contribution in [-0.2, 0) is 6.54 Å². The SMILES string of the molecule is CC[C@@H](C)NCc1ccc(Cl)c(Cl)c1. The molecule has 0 aliphatic rings. The van der Waals surface area contributed by atoms with Gasteiger partial charge in [-0.2, -0.15) is 0 Å². The molecule has 1 nitrogen and oxygen atoms in total. The van der Waals surface area contributed by atoms with Gasteiger partial charge in [-0.1, -0.05) is 36.2 Å². The molecule has 0 fully saturated rings. The van der Waals surface area contributed by atoms with E-state index in [9.17, 15) is 0 Å². The van der Waals surface area contributed by atoms with E-state index in [1.165, 1.54) is 5.56 Å². The standard InChI is InChI=1S/C11H15Cl2N/c1-3-8(2)14-7-9-4-5-10(12)11(13)6-9/h4-6,8,14H,3,7H2,1-2H3/t8-/m1/s1. The first-order valence-corrected chi connectivity index (χ1v) is 5.56. The zero-order valence-electron chi connectivity index (χ0n) is 8.48. The topological polar surface area (TPSA) is 12.0 Å². The van der Waals surface area contributed by atoms with Crippen molar-refractivity contribution in [2.45, 2.75) is 32.9 Å². The zero-order valence-corrected chi connectivity index (χ0v) is 9.99. The van der Waals surface area contributed by atoms with Gasteiger partial charge in [-0.3, -0.25) is 0 Å². The van der Waals surface area contributed by atoms with Gasteiger partial charge in [-0.15, -0.1) is 0 Å². The van der Waals surface area contributed by atoms with Crippen molar-refractivity contribution in [2.24, 2.45) is 0 Å². The minimum Gasteiger partial charge on any atom is -0.310 e. The van der Waals surface area contributed by atoms with Crippen molar-refractivity contribution in [1.29, 1.82) is 0 Å². The second-order valence-corrected chi connectivity index (χ2v) is 4.25. The average molecular weight is 232 g/mol. The van der Waals surface area contributed by atoms with Crippen LogP contribution in [-0.4, -0.2) is 6.04 Å². The Morgan fingerprint density at radius 2 is 2.00 bits per heavy atom. The van der Waals surface area contributed by atoms with E-state index in [4.69, 9.17) is 23.2 Å². The van der Waals surface area contributed by atoms with Crippen molar-refractivity contribution in [3.63, 3.8) is 0 Å². The van der Waals surface area contributed by atoms with E-state index in [2.05, 4.69) is 19.2 Å². The maximum Gasteiger partial charge on any atom is 0.0595 e. The normalized spacial score (nSPS) is 12.9. The van der Waals surface area contributed by atoms with Gasteiger partial charge in [0.1, 0.15) is 0 Å². The lowest BCUT2D eigenvalue weighted by molar-refractivity contribution is 0.534. The number of halogens is 2. The Bertz CT molecular complexity index is 299. The predicted molar refractivity (Wildman–Crippen MR) is 63.1 cm³/mol. The van der Waals surface area contributed by atoms with Crippen LogP contribution in [0.2, 0.25) is 10.0 Å². The molecule has 78 valence electrons. The highest BCUT2D eigenvalue weighted by Gasteiger charge is 2.01. The Balaban J connectivity index is 2.55. The van der Waals surface area contributed by atoms with Crippen molar-refractivity contribution in [3.05, 3.63) is 33.8 Å². The fourth-order valence-corrected chi connectivity index (χ4v) is 1.41. The van der Waals surface area contributed by atoms with Crippen LogP contribution in [0.5, 0.6) is 0 Å². The molecule has 0 spiro atoms. The number of rotatable bonds is 4. The number of benzene rings is 1. The summed E-state index contributed by atoms with van der Waals surface area (Å²) >= 11 is 11.7. The predicted octanol–water partition coefficient (Wildman–Crippen LogP) is 3.88. The van der Waals surface area contributed by atoms with E-state index >= 15 is 0 Å². The first-order valence-electron chi connectivity index (χ1n) is 4.80. The van der Waals surface area contributed by atoms with Gasteiger partial charge in [-0.05, 0) is 31.0 Å². The summed E-state index contributed by atoms with van der Waals surface area (Å²) in [4.78, 5) is 0. The second kappa shape index (κ2) is 5.59. The van der Waals surface area contributed by atoms with Crippen LogP contribution in [0.4, 0.5) is 0 Å². The van der Waals surface area contributed by atoms with Gasteiger partial charge in [0.25, 0.3) is 0 Å². The summed E-state index contributed by atoms with van der Waals surface area (Å²) < 4.78 is 0. The van der Waals surface area contributed by atoms with E-state index in [1.807, 2.05) is 18.2 Å². The zero-order chi connectivity index (χ0) is 10.6. The highest BCUT2D eigenvalue weighted by molar-refractivity contribution is 6.42. The third-order valence-electron chi connectivity index (χ3n) is 2.25. The summed E-state index contributed by atoms with van der Waals surface area (Å²) in [5.74, 6) is 0. The van der Waals surface area contributed by atoms with E-state index < -0.39 is 0 Å². The molecule has 0 radical (unpaired) electrons. The maximum atomic E-state index is 5.90. The van der Waals surface area contributed by atoms with Crippen LogP contribution in [0.15, 0.2) is 18.2 Å². The van der Waals surface area contributed by atoms with Crippen LogP contribution >= 0.6 is 23.2 Å². The molecule has 0 saturated heterocycles. The molecule has 0 aromatic heterocycles. The Kier molecular flexibility index (Phi) is 4.73. The molecule has 1 aromatic carbocycles. The van der Waals surface area contributed by atoms with Crippen molar-refractivity contribution in [2.75, 3.05) is 0 Å². The van der Waals surface area contributed by atoms with E-state index in [-0.39, 0.29) is 0 Å². The van der Waals surface area contributed by atoms with Gasteiger partial charge in [0.2, 0.25) is 0 Å². The molecule has 3 heteroatoms. The summed E-state index contributed by atoms with van der Waals surface area (Å²) in [5.41, 5.74) is 1.17. The number of hydrogen-bond acceptors (Lipinski definition) is 1. The van der Waals surface area contributed by atoms with Crippen molar-refractivity contribution >= 4 is 23.2 Å². The molecule has 0 bridgehead atoms. The summed E-state index contributed by atoms with van der Waals surface area (Å²) in [7, 11) is 0. The Morgan fingerprint density at radius 1 is 1.29 bits per heavy atom. The largest absolute Gasteiger partial charge is 0.310 e. The van der Waals surface area contributed by atoms with Gasteiger partial charge >= 0.3 is 0 Å². The molecular weight excluding hydrogens is 217 g/mol. The molecule has 0 saturated carbocycles. The van der Waals surface area contributed by atoms with E-state index in [1.54, 1.807) is 0 Å². The van der Waals surface area contributed by atoms with Crippen molar-refractivity contribution in [3.8, 4) is 0 Å². The smallest absolute Gasteiger partial charge is 0.0595 e. The van der Waals surface area contributed by atoms with Gasteiger partial charge in [0.05, 0.1) is 10.0 Å². The Morgan fingerprint density at radius 3 is 2.57 bits per heavy atom. The molecule has 0 heterocycles. The first-order chi connectivity index (χ1) is 6.63. The minimum atomic E-state index is 0.532. The maximum absolute atomic E-state index is 5.90. The van der Waals surface area contributed by atoms with E-state index in [0.717, 1.165) is 13.0 Å².